The Morgan fingerprint density at radius 1 is 1.04 bits per heavy atom. The fourth-order valence-corrected chi connectivity index (χ4v) is 2.69. The van der Waals surface area contributed by atoms with Crippen LogP contribution in [-0.4, -0.2) is 24.5 Å². The van der Waals surface area contributed by atoms with Gasteiger partial charge in [0.15, 0.2) is 0 Å². The first-order valence-electron chi connectivity index (χ1n) is 9.22. The summed E-state index contributed by atoms with van der Waals surface area (Å²) in [5.41, 5.74) is 0.478. The zero-order valence-corrected chi connectivity index (χ0v) is 16.5. The number of furan rings is 1. The standard InChI is InChI=1S/C21H28N2O4/c1-6-26-17-10-8-16(9-11-17)20(24)23-19(13(2)3)21(25)22-15(5)18-12-7-14(4)27-18/h7-13,15,19H,6H2,1-5H3,(H,22,25)(H,23,24). The molecule has 2 atom stereocenters. The van der Waals surface area contributed by atoms with Crippen molar-refractivity contribution in [3.05, 3.63) is 53.5 Å². The summed E-state index contributed by atoms with van der Waals surface area (Å²) >= 11 is 0. The molecule has 146 valence electrons. The lowest BCUT2D eigenvalue weighted by Gasteiger charge is -2.23. The van der Waals surface area contributed by atoms with Crippen LogP contribution in [0.1, 0.15) is 55.6 Å². The summed E-state index contributed by atoms with van der Waals surface area (Å²) in [6.45, 7) is 9.95. The largest absolute Gasteiger partial charge is 0.494 e. The van der Waals surface area contributed by atoms with Crippen molar-refractivity contribution in [2.45, 2.75) is 46.7 Å². The summed E-state index contributed by atoms with van der Waals surface area (Å²) < 4.78 is 10.9. The second-order valence-corrected chi connectivity index (χ2v) is 6.83. The van der Waals surface area contributed by atoms with E-state index in [9.17, 15) is 9.59 Å². The van der Waals surface area contributed by atoms with Gasteiger partial charge >= 0.3 is 0 Å². The van der Waals surface area contributed by atoms with Gasteiger partial charge in [-0.1, -0.05) is 13.8 Å². The fraction of sp³-hybridized carbons (Fsp3) is 0.429. The molecule has 2 unspecified atom stereocenters. The average molecular weight is 372 g/mol. The summed E-state index contributed by atoms with van der Waals surface area (Å²) in [5.74, 6) is 1.56. The first-order chi connectivity index (χ1) is 12.8. The van der Waals surface area contributed by atoms with Gasteiger partial charge in [0.05, 0.1) is 12.6 Å². The van der Waals surface area contributed by atoms with Crippen LogP contribution < -0.4 is 15.4 Å². The number of amides is 2. The molecule has 0 spiro atoms. The number of carbonyl (C=O) groups is 2. The van der Waals surface area contributed by atoms with E-state index in [1.54, 1.807) is 24.3 Å². The lowest BCUT2D eigenvalue weighted by Crippen LogP contribution is -2.50. The molecule has 0 aliphatic rings. The molecule has 27 heavy (non-hydrogen) atoms. The molecule has 2 rings (SSSR count). The second kappa shape index (κ2) is 9.26. The molecule has 0 bridgehead atoms. The van der Waals surface area contributed by atoms with Crippen molar-refractivity contribution in [2.24, 2.45) is 5.92 Å². The molecule has 2 aromatic rings. The van der Waals surface area contributed by atoms with Crippen LogP contribution in [-0.2, 0) is 4.79 Å². The Morgan fingerprint density at radius 2 is 1.70 bits per heavy atom. The third kappa shape index (κ3) is 5.61. The summed E-state index contributed by atoms with van der Waals surface area (Å²) in [5, 5.41) is 5.73. The van der Waals surface area contributed by atoms with Crippen LogP contribution >= 0.6 is 0 Å². The Labute approximate surface area is 160 Å². The minimum Gasteiger partial charge on any atom is -0.494 e. The van der Waals surface area contributed by atoms with E-state index in [-0.39, 0.29) is 23.8 Å². The van der Waals surface area contributed by atoms with E-state index in [0.717, 1.165) is 5.76 Å². The quantitative estimate of drug-likeness (QED) is 0.742. The SMILES string of the molecule is CCOc1ccc(C(=O)NC(C(=O)NC(C)c2ccc(C)o2)C(C)C)cc1. The minimum atomic E-state index is -0.650. The van der Waals surface area contributed by atoms with Gasteiger partial charge in [0.1, 0.15) is 23.3 Å². The van der Waals surface area contributed by atoms with Gasteiger partial charge in [-0.05, 0) is 63.1 Å². The van der Waals surface area contributed by atoms with E-state index < -0.39 is 6.04 Å². The zero-order chi connectivity index (χ0) is 20.0. The van der Waals surface area contributed by atoms with Gasteiger partial charge < -0.3 is 19.8 Å². The molecule has 1 aromatic carbocycles. The molecule has 0 saturated heterocycles. The lowest BCUT2D eigenvalue weighted by molar-refractivity contribution is -0.124. The van der Waals surface area contributed by atoms with Crippen molar-refractivity contribution in [2.75, 3.05) is 6.61 Å². The summed E-state index contributed by atoms with van der Waals surface area (Å²) in [6, 6.07) is 9.61. The molecule has 0 saturated carbocycles. The Bertz CT molecular complexity index is 765. The molecule has 0 radical (unpaired) electrons. The fourth-order valence-electron chi connectivity index (χ4n) is 2.69. The number of ether oxygens (including phenoxy) is 1. The number of rotatable bonds is 8. The molecular formula is C21H28N2O4. The molecule has 6 nitrogen and oxygen atoms in total. The number of benzene rings is 1. The summed E-state index contributed by atoms with van der Waals surface area (Å²) in [7, 11) is 0. The molecular weight excluding hydrogens is 344 g/mol. The maximum Gasteiger partial charge on any atom is 0.251 e. The van der Waals surface area contributed by atoms with Crippen molar-refractivity contribution >= 4 is 11.8 Å². The number of aryl methyl sites for hydroxylation is 1. The van der Waals surface area contributed by atoms with E-state index in [4.69, 9.17) is 9.15 Å². The summed E-state index contributed by atoms with van der Waals surface area (Å²) in [4.78, 5) is 25.2. The Balaban J connectivity index is 2.03. The Hall–Kier alpha value is -2.76. The van der Waals surface area contributed by atoms with Crippen molar-refractivity contribution in [3.8, 4) is 5.75 Å². The second-order valence-electron chi connectivity index (χ2n) is 6.83. The Morgan fingerprint density at radius 3 is 2.22 bits per heavy atom. The van der Waals surface area contributed by atoms with Crippen LogP contribution in [0.15, 0.2) is 40.8 Å². The average Bonchev–Trinajstić information content (AvgIpc) is 3.06. The number of carbonyl (C=O) groups excluding carboxylic acids is 2. The van der Waals surface area contributed by atoms with Crippen LogP contribution in [0.3, 0.4) is 0 Å². The topological polar surface area (TPSA) is 80.6 Å². The predicted molar refractivity (Wildman–Crippen MR) is 104 cm³/mol. The van der Waals surface area contributed by atoms with Gasteiger partial charge in [-0.2, -0.15) is 0 Å². The highest BCUT2D eigenvalue weighted by molar-refractivity contribution is 5.97. The van der Waals surface area contributed by atoms with Crippen LogP contribution in [0.4, 0.5) is 0 Å². The number of hydrogen-bond acceptors (Lipinski definition) is 4. The first-order valence-corrected chi connectivity index (χ1v) is 9.22. The third-order valence-corrected chi connectivity index (χ3v) is 4.21. The van der Waals surface area contributed by atoms with Crippen molar-refractivity contribution in [3.63, 3.8) is 0 Å². The van der Waals surface area contributed by atoms with Crippen LogP contribution in [0.5, 0.6) is 5.75 Å². The molecule has 0 fully saturated rings. The predicted octanol–water partition coefficient (Wildman–Crippen LogP) is 3.62. The van der Waals surface area contributed by atoms with Crippen LogP contribution in [0.25, 0.3) is 0 Å². The minimum absolute atomic E-state index is 0.0674. The van der Waals surface area contributed by atoms with Gasteiger partial charge in [-0.15, -0.1) is 0 Å². The highest BCUT2D eigenvalue weighted by Gasteiger charge is 2.26. The van der Waals surface area contributed by atoms with Gasteiger partial charge in [0, 0.05) is 5.56 Å². The van der Waals surface area contributed by atoms with E-state index in [1.165, 1.54) is 0 Å². The molecule has 2 amide bonds. The Kier molecular flexibility index (Phi) is 7.05. The monoisotopic (exact) mass is 372 g/mol. The van der Waals surface area contributed by atoms with Crippen molar-refractivity contribution < 1.29 is 18.7 Å². The van der Waals surface area contributed by atoms with Crippen molar-refractivity contribution in [1.82, 2.24) is 10.6 Å². The molecule has 1 heterocycles. The van der Waals surface area contributed by atoms with Crippen molar-refractivity contribution in [1.29, 1.82) is 0 Å². The van der Waals surface area contributed by atoms with E-state index in [0.29, 0.717) is 23.7 Å². The smallest absolute Gasteiger partial charge is 0.251 e. The molecule has 6 heteroatoms. The number of nitrogens with one attached hydrogen (secondary N) is 2. The van der Waals surface area contributed by atoms with Crippen LogP contribution in [0.2, 0.25) is 0 Å². The van der Waals surface area contributed by atoms with Crippen LogP contribution in [0, 0.1) is 12.8 Å². The third-order valence-electron chi connectivity index (χ3n) is 4.21. The molecule has 0 aliphatic carbocycles. The maximum atomic E-state index is 12.7. The zero-order valence-electron chi connectivity index (χ0n) is 16.5. The molecule has 0 aliphatic heterocycles. The summed E-state index contributed by atoms with van der Waals surface area (Å²) in [6.07, 6.45) is 0. The van der Waals surface area contributed by atoms with Gasteiger partial charge in [-0.25, -0.2) is 0 Å². The highest BCUT2D eigenvalue weighted by Crippen LogP contribution is 2.17. The number of hydrogen-bond donors (Lipinski definition) is 2. The first kappa shape index (κ1) is 20.6. The van der Waals surface area contributed by atoms with Gasteiger partial charge in [-0.3, -0.25) is 9.59 Å². The van der Waals surface area contributed by atoms with E-state index in [2.05, 4.69) is 10.6 Å². The lowest BCUT2D eigenvalue weighted by atomic mass is 10.0. The van der Waals surface area contributed by atoms with E-state index in [1.807, 2.05) is 46.8 Å². The maximum absolute atomic E-state index is 12.7. The highest BCUT2D eigenvalue weighted by atomic mass is 16.5. The molecule has 2 N–H and O–H groups in total. The van der Waals surface area contributed by atoms with E-state index >= 15 is 0 Å². The normalized spacial score (nSPS) is 13.1. The van der Waals surface area contributed by atoms with Gasteiger partial charge in [0.2, 0.25) is 5.91 Å². The molecule has 1 aromatic heterocycles. The van der Waals surface area contributed by atoms with Gasteiger partial charge in [0.25, 0.3) is 5.91 Å².